The fraction of sp³-hybridized carbons (Fsp3) is 0.500. The number of carbonyl (C=O) groups is 1. The molecule has 1 saturated heterocycles. The van der Waals surface area contributed by atoms with Gasteiger partial charge in [0.1, 0.15) is 18.2 Å². The number of amides is 1. The van der Waals surface area contributed by atoms with Crippen molar-refractivity contribution < 1.29 is 9.53 Å². The normalized spacial score (nSPS) is 19.0. The van der Waals surface area contributed by atoms with Gasteiger partial charge in [-0.05, 0) is 31.7 Å². The van der Waals surface area contributed by atoms with Gasteiger partial charge < -0.3 is 14.5 Å². The van der Waals surface area contributed by atoms with Gasteiger partial charge in [0.15, 0.2) is 0 Å². The van der Waals surface area contributed by atoms with Crippen molar-refractivity contribution in [1.82, 2.24) is 14.9 Å². The van der Waals surface area contributed by atoms with Crippen LogP contribution in [0.3, 0.4) is 0 Å². The molecule has 1 fully saturated rings. The highest BCUT2D eigenvalue weighted by Gasteiger charge is 2.31. The Morgan fingerprint density at radius 2 is 2.04 bits per heavy atom. The molecule has 2 aromatic rings. The number of nitrogens with zero attached hydrogens (tertiary/aromatic N) is 4. The highest BCUT2D eigenvalue weighted by molar-refractivity contribution is 5.77. The third kappa shape index (κ3) is 3.87. The number of hydrogen-bond acceptors (Lipinski definition) is 5. The van der Waals surface area contributed by atoms with Crippen molar-refractivity contribution in [2.75, 3.05) is 38.3 Å². The van der Waals surface area contributed by atoms with Crippen LogP contribution in [0.2, 0.25) is 0 Å². The Morgan fingerprint density at radius 3 is 2.82 bits per heavy atom. The summed E-state index contributed by atoms with van der Waals surface area (Å²) in [5.74, 6) is 2.21. The van der Waals surface area contributed by atoms with Crippen LogP contribution >= 0.6 is 0 Å². The van der Waals surface area contributed by atoms with Crippen molar-refractivity contribution in [2.24, 2.45) is 0 Å². The third-order valence-electron chi connectivity index (χ3n) is 5.75. The van der Waals surface area contributed by atoms with Gasteiger partial charge in [0.2, 0.25) is 5.91 Å². The lowest BCUT2D eigenvalue weighted by Gasteiger charge is -2.31. The minimum absolute atomic E-state index is 0.0467. The Hall–Kier alpha value is -2.47. The Morgan fingerprint density at radius 1 is 1.21 bits per heavy atom. The topological polar surface area (TPSA) is 58.6 Å². The molecule has 0 radical (unpaired) electrons. The molecule has 2 aliphatic rings. The first-order valence-corrected chi connectivity index (χ1v) is 10.1. The second kappa shape index (κ2) is 8.27. The number of benzene rings is 1. The third-order valence-corrected chi connectivity index (χ3v) is 5.75. The summed E-state index contributed by atoms with van der Waals surface area (Å²) in [7, 11) is 1.56. The van der Waals surface area contributed by atoms with E-state index in [9.17, 15) is 4.79 Å². The molecule has 1 unspecified atom stereocenters. The largest absolute Gasteiger partial charge is 0.375 e. The second-order valence-corrected chi connectivity index (χ2v) is 7.74. The number of aromatic nitrogens is 2. The van der Waals surface area contributed by atoms with Gasteiger partial charge in [-0.2, -0.15) is 0 Å². The van der Waals surface area contributed by atoms with Crippen LogP contribution in [0, 0.1) is 6.92 Å². The van der Waals surface area contributed by atoms with E-state index in [4.69, 9.17) is 14.7 Å². The van der Waals surface area contributed by atoms with Crippen molar-refractivity contribution in [3.8, 4) is 0 Å². The van der Waals surface area contributed by atoms with Crippen LogP contribution in [-0.2, 0) is 22.5 Å². The summed E-state index contributed by atoms with van der Waals surface area (Å²) < 4.78 is 4.99. The molecule has 1 aromatic heterocycles. The van der Waals surface area contributed by atoms with Crippen LogP contribution < -0.4 is 4.90 Å². The molecule has 1 atom stereocenters. The van der Waals surface area contributed by atoms with E-state index in [0.717, 1.165) is 56.2 Å². The Kier molecular flexibility index (Phi) is 5.57. The molecule has 6 nitrogen and oxygen atoms in total. The predicted molar refractivity (Wildman–Crippen MR) is 108 cm³/mol. The van der Waals surface area contributed by atoms with Gasteiger partial charge in [-0.1, -0.05) is 30.3 Å². The van der Waals surface area contributed by atoms with Crippen LogP contribution in [0.1, 0.15) is 41.4 Å². The van der Waals surface area contributed by atoms with Gasteiger partial charge in [-0.15, -0.1) is 0 Å². The molecule has 3 heterocycles. The quantitative estimate of drug-likeness (QED) is 0.798. The van der Waals surface area contributed by atoms with Crippen LogP contribution in [0.5, 0.6) is 0 Å². The molecule has 148 valence electrons. The van der Waals surface area contributed by atoms with E-state index in [1.807, 2.05) is 4.90 Å². The van der Waals surface area contributed by atoms with E-state index in [1.165, 1.54) is 11.1 Å². The molecule has 4 rings (SSSR count). The number of carbonyl (C=O) groups excluding carboxylic acids is 1. The molecule has 0 N–H and O–H groups in total. The van der Waals surface area contributed by atoms with E-state index in [1.54, 1.807) is 7.11 Å². The maximum absolute atomic E-state index is 12.1. The smallest absolute Gasteiger partial charge is 0.248 e. The van der Waals surface area contributed by atoms with Crippen molar-refractivity contribution >= 4 is 11.7 Å². The fourth-order valence-electron chi connectivity index (χ4n) is 4.26. The summed E-state index contributed by atoms with van der Waals surface area (Å²) in [6, 6.07) is 10.6. The Balaban J connectivity index is 1.57. The SMILES string of the molecule is COCC(=O)N1CCC(c2nc(C)c3c(n2)N(Cc2ccccc2)CCC3)C1. The summed E-state index contributed by atoms with van der Waals surface area (Å²) >= 11 is 0. The van der Waals surface area contributed by atoms with Crippen molar-refractivity contribution in [3.63, 3.8) is 0 Å². The summed E-state index contributed by atoms with van der Waals surface area (Å²) in [4.78, 5) is 26.2. The molecule has 6 heteroatoms. The number of methoxy groups -OCH3 is 1. The van der Waals surface area contributed by atoms with Crippen LogP contribution in [0.25, 0.3) is 0 Å². The van der Waals surface area contributed by atoms with Gasteiger partial charge in [0.05, 0.1) is 0 Å². The molecule has 1 aromatic carbocycles. The van der Waals surface area contributed by atoms with Crippen LogP contribution in [-0.4, -0.2) is 54.1 Å². The standard InChI is InChI=1S/C22H28N4O2/c1-16-19-9-6-11-26(13-17-7-4-3-5-8-17)22(19)24-21(23-16)18-10-12-25(14-18)20(27)15-28-2/h3-5,7-8,18H,6,9-15H2,1-2H3. The van der Waals surface area contributed by atoms with Gasteiger partial charge in [0, 0.05) is 50.5 Å². The first-order valence-electron chi connectivity index (χ1n) is 10.1. The molecule has 0 aliphatic carbocycles. The number of anilines is 1. The van der Waals surface area contributed by atoms with E-state index >= 15 is 0 Å². The lowest BCUT2D eigenvalue weighted by atomic mass is 10.0. The van der Waals surface area contributed by atoms with E-state index in [0.29, 0.717) is 6.54 Å². The van der Waals surface area contributed by atoms with Crippen molar-refractivity contribution in [3.05, 3.63) is 53.0 Å². The summed E-state index contributed by atoms with van der Waals surface area (Å²) in [5, 5.41) is 0. The average Bonchev–Trinajstić information content (AvgIpc) is 3.20. The summed E-state index contributed by atoms with van der Waals surface area (Å²) in [6.45, 7) is 5.55. The highest BCUT2D eigenvalue weighted by atomic mass is 16.5. The van der Waals surface area contributed by atoms with E-state index in [-0.39, 0.29) is 18.4 Å². The number of fused-ring (bicyclic) bond motifs is 1. The van der Waals surface area contributed by atoms with Crippen molar-refractivity contribution in [2.45, 2.75) is 38.6 Å². The zero-order valence-corrected chi connectivity index (χ0v) is 16.7. The van der Waals surface area contributed by atoms with Gasteiger partial charge >= 0.3 is 0 Å². The number of aryl methyl sites for hydroxylation is 1. The number of ether oxygens (including phenoxy) is 1. The summed E-state index contributed by atoms with van der Waals surface area (Å²) in [6.07, 6.45) is 3.08. The molecule has 0 saturated carbocycles. The average molecular weight is 380 g/mol. The van der Waals surface area contributed by atoms with Gasteiger partial charge in [-0.25, -0.2) is 9.97 Å². The molecule has 0 spiro atoms. The van der Waals surface area contributed by atoms with E-state index in [2.05, 4.69) is 42.2 Å². The molecule has 0 bridgehead atoms. The fourth-order valence-corrected chi connectivity index (χ4v) is 4.26. The first-order chi connectivity index (χ1) is 13.7. The molecular formula is C22H28N4O2. The van der Waals surface area contributed by atoms with Gasteiger partial charge in [-0.3, -0.25) is 4.79 Å². The van der Waals surface area contributed by atoms with Crippen molar-refractivity contribution in [1.29, 1.82) is 0 Å². The zero-order chi connectivity index (χ0) is 19.5. The molecule has 28 heavy (non-hydrogen) atoms. The van der Waals surface area contributed by atoms with Crippen LogP contribution in [0.4, 0.5) is 5.82 Å². The second-order valence-electron chi connectivity index (χ2n) is 7.74. The molecular weight excluding hydrogens is 352 g/mol. The van der Waals surface area contributed by atoms with Gasteiger partial charge in [0.25, 0.3) is 0 Å². The number of hydrogen-bond donors (Lipinski definition) is 0. The zero-order valence-electron chi connectivity index (χ0n) is 16.7. The number of rotatable bonds is 5. The molecule has 2 aliphatic heterocycles. The minimum atomic E-state index is 0.0467. The summed E-state index contributed by atoms with van der Waals surface area (Å²) in [5.41, 5.74) is 3.65. The Bertz CT molecular complexity index is 840. The van der Waals surface area contributed by atoms with Crippen LogP contribution in [0.15, 0.2) is 30.3 Å². The molecule has 1 amide bonds. The maximum Gasteiger partial charge on any atom is 0.248 e. The highest BCUT2D eigenvalue weighted by Crippen LogP contribution is 2.32. The maximum atomic E-state index is 12.1. The van der Waals surface area contributed by atoms with E-state index < -0.39 is 0 Å². The lowest BCUT2D eigenvalue weighted by Crippen LogP contribution is -2.32. The first kappa shape index (κ1) is 18.9. The monoisotopic (exact) mass is 380 g/mol. The lowest BCUT2D eigenvalue weighted by molar-refractivity contribution is -0.134. The minimum Gasteiger partial charge on any atom is -0.375 e. The predicted octanol–water partition coefficient (Wildman–Crippen LogP) is 2.70. The Labute approximate surface area is 166 Å². The number of likely N-dealkylation sites (tertiary alicyclic amines) is 1.